The van der Waals surface area contributed by atoms with Crippen LogP contribution in [-0.2, 0) is 7.05 Å². The van der Waals surface area contributed by atoms with Gasteiger partial charge in [0.15, 0.2) is 0 Å². The van der Waals surface area contributed by atoms with Crippen LogP contribution < -0.4 is 9.64 Å². The number of benzene rings is 2. The molecule has 3 aromatic rings. The second kappa shape index (κ2) is 4.71. The van der Waals surface area contributed by atoms with Gasteiger partial charge in [-0.15, -0.1) is 0 Å². The van der Waals surface area contributed by atoms with E-state index in [-0.39, 0.29) is 11.8 Å². The number of imide groups is 1. The number of methoxy groups -OCH3 is 1. The van der Waals surface area contributed by atoms with Crippen molar-refractivity contribution in [1.82, 2.24) is 4.57 Å². The van der Waals surface area contributed by atoms with Crippen molar-refractivity contribution in [3.8, 4) is 5.75 Å². The van der Waals surface area contributed by atoms with E-state index in [1.165, 1.54) is 4.90 Å². The molecule has 0 atom stereocenters. The summed E-state index contributed by atoms with van der Waals surface area (Å²) in [6.07, 6.45) is 1.86. The van der Waals surface area contributed by atoms with Crippen LogP contribution in [0.2, 0.25) is 0 Å². The number of amides is 2. The summed E-state index contributed by atoms with van der Waals surface area (Å²) in [6, 6.07) is 12.5. The summed E-state index contributed by atoms with van der Waals surface area (Å²) in [5, 5.41) is 0.824. The number of aryl methyl sites for hydroxylation is 1. The zero-order valence-corrected chi connectivity index (χ0v) is 12.7. The number of carbonyl (C=O) groups excluding carboxylic acids is 2. The number of hydrogen-bond acceptors (Lipinski definition) is 3. The Hall–Kier alpha value is -3.08. The van der Waals surface area contributed by atoms with Crippen molar-refractivity contribution in [1.29, 1.82) is 0 Å². The van der Waals surface area contributed by atoms with E-state index < -0.39 is 0 Å². The molecule has 5 heteroatoms. The maximum atomic E-state index is 12.9. The highest BCUT2D eigenvalue weighted by Crippen LogP contribution is 2.38. The maximum absolute atomic E-state index is 12.9. The quantitative estimate of drug-likeness (QED) is 0.684. The number of ether oxygens (including phenoxy) is 1. The second-order valence-electron chi connectivity index (χ2n) is 5.47. The average molecular weight is 306 g/mol. The van der Waals surface area contributed by atoms with Crippen LogP contribution >= 0.6 is 0 Å². The third-order valence-corrected chi connectivity index (χ3v) is 4.20. The summed E-state index contributed by atoms with van der Waals surface area (Å²) in [5.74, 6) is -0.0290. The Balaban J connectivity index is 2.01. The molecule has 0 saturated heterocycles. The lowest BCUT2D eigenvalue weighted by atomic mass is 10.1. The molecule has 5 nitrogen and oxygen atoms in total. The number of carbonyl (C=O) groups is 2. The average Bonchev–Trinajstić information content (AvgIpc) is 3.06. The van der Waals surface area contributed by atoms with Gasteiger partial charge in [-0.25, -0.2) is 4.90 Å². The molecule has 1 aliphatic rings. The number of aromatic nitrogens is 1. The van der Waals surface area contributed by atoms with E-state index in [4.69, 9.17) is 4.74 Å². The van der Waals surface area contributed by atoms with Crippen LogP contribution in [0.3, 0.4) is 0 Å². The molecule has 1 aromatic heterocycles. The van der Waals surface area contributed by atoms with Gasteiger partial charge in [-0.05, 0) is 24.3 Å². The molecule has 2 aromatic carbocycles. The predicted octanol–water partition coefficient (Wildman–Crippen LogP) is 2.99. The number of hydrogen-bond donors (Lipinski definition) is 0. The van der Waals surface area contributed by atoms with Gasteiger partial charge in [0.2, 0.25) is 0 Å². The van der Waals surface area contributed by atoms with Crippen molar-refractivity contribution >= 4 is 28.4 Å². The van der Waals surface area contributed by atoms with Crippen LogP contribution in [0.25, 0.3) is 10.9 Å². The topological polar surface area (TPSA) is 51.5 Å². The van der Waals surface area contributed by atoms with E-state index in [1.54, 1.807) is 37.4 Å². The Kier molecular flexibility index (Phi) is 2.78. The number of para-hydroxylation sites is 1. The predicted molar refractivity (Wildman–Crippen MR) is 87.1 cm³/mol. The van der Waals surface area contributed by atoms with Gasteiger partial charge in [0.05, 0.1) is 29.4 Å². The van der Waals surface area contributed by atoms with Crippen LogP contribution in [0.5, 0.6) is 5.75 Å². The van der Waals surface area contributed by atoms with Gasteiger partial charge in [0.25, 0.3) is 11.8 Å². The molecule has 4 rings (SSSR count). The summed E-state index contributed by atoms with van der Waals surface area (Å²) in [6.45, 7) is 0. The first-order valence-corrected chi connectivity index (χ1v) is 7.23. The SMILES string of the molecule is COc1cc2c(c3c1ccn3C)C(=O)N(c1ccccc1)C2=O. The molecule has 0 spiro atoms. The zero-order valence-electron chi connectivity index (χ0n) is 12.7. The standard InChI is InChI=1S/C18H14N2O3/c1-19-9-8-12-14(23-2)10-13-15(16(12)19)18(22)20(17(13)21)11-6-4-3-5-7-11/h3-10H,1-2H3. The first-order valence-electron chi connectivity index (χ1n) is 7.23. The van der Waals surface area contributed by atoms with Gasteiger partial charge in [0.1, 0.15) is 5.75 Å². The zero-order chi connectivity index (χ0) is 16.1. The molecule has 0 bridgehead atoms. The molecule has 2 heterocycles. The van der Waals surface area contributed by atoms with Gasteiger partial charge < -0.3 is 9.30 Å². The van der Waals surface area contributed by atoms with E-state index in [2.05, 4.69) is 0 Å². The Labute approximate surface area is 132 Å². The summed E-state index contributed by atoms with van der Waals surface area (Å²) in [7, 11) is 3.41. The van der Waals surface area contributed by atoms with Crippen LogP contribution in [-0.4, -0.2) is 23.5 Å². The summed E-state index contributed by atoms with van der Waals surface area (Å²) in [4.78, 5) is 26.9. The number of anilines is 1. The third kappa shape index (κ3) is 1.73. The lowest BCUT2D eigenvalue weighted by Gasteiger charge is -2.13. The fraction of sp³-hybridized carbons (Fsp3) is 0.111. The van der Waals surface area contributed by atoms with Crippen molar-refractivity contribution < 1.29 is 14.3 Å². The third-order valence-electron chi connectivity index (χ3n) is 4.20. The normalized spacial score (nSPS) is 13.7. The van der Waals surface area contributed by atoms with Gasteiger partial charge in [-0.2, -0.15) is 0 Å². The van der Waals surface area contributed by atoms with Gasteiger partial charge in [-0.3, -0.25) is 9.59 Å². The minimum Gasteiger partial charge on any atom is -0.496 e. The van der Waals surface area contributed by atoms with Gasteiger partial charge in [0, 0.05) is 18.6 Å². The molecular weight excluding hydrogens is 292 g/mol. The Morgan fingerprint density at radius 2 is 1.74 bits per heavy atom. The molecule has 1 aliphatic heterocycles. The highest BCUT2D eigenvalue weighted by atomic mass is 16.5. The summed E-state index contributed by atoms with van der Waals surface area (Å²) >= 11 is 0. The highest BCUT2D eigenvalue weighted by molar-refractivity contribution is 6.37. The lowest BCUT2D eigenvalue weighted by Crippen LogP contribution is -2.29. The summed E-state index contributed by atoms with van der Waals surface area (Å²) in [5.41, 5.74) is 2.10. The van der Waals surface area contributed by atoms with Crippen molar-refractivity contribution in [2.45, 2.75) is 0 Å². The van der Waals surface area contributed by atoms with Crippen molar-refractivity contribution in [3.63, 3.8) is 0 Å². The number of rotatable bonds is 2. The fourth-order valence-electron chi connectivity index (χ4n) is 3.14. The van der Waals surface area contributed by atoms with E-state index in [0.717, 1.165) is 10.9 Å². The Morgan fingerprint density at radius 1 is 1.00 bits per heavy atom. The van der Waals surface area contributed by atoms with Crippen molar-refractivity contribution in [2.24, 2.45) is 7.05 Å². The first kappa shape index (κ1) is 13.6. The van der Waals surface area contributed by atoms with Crippen molar-refractivity contribution in [2.75, 3.05) is 12.0 Å². The number of nitrogens with zero attached hydrogens (tertiary/aromatic N) is 2. The van der Waals surface area contributed by atoms with Crippen LogP contribution in [0.4, 0.5) is 5.69 Å². The largest absolute Gasteiger partial charge is 0.496 e. The smallest absolute Gasteiger partial charge is 0.268 e. The van der Waals surface area contributed by atoms with E-state index in [1.807, 2.05) is 29.9 Å². The fourth-order valence-corrected chi connectivity index (χ4v) is 3.14. The first-order chi connectivity index (χ1) is 11.1. The molecule has 0 N–H and O–H groups in total. The monoisotopic (exact) mass is 306 g/mol. The second-order valence-corrected chi connectivity index (χ2v) is 5.47. The molecule has 23 heavy (non-hydrogen) atoms. The maximum Gasteiger partial charge on any atom is 0.268 e. The van der Waals surface area contributed by atoms with Crippen LogP contribution in [0, 0.1) is 0 Å². The Morgan fingerprint density at radius 3 is 2.43 bits per heavy atom. The van der Waals surface area contributed by atoms with E-state index in [9.17, 15) is 9.59 Å². The molecule has 0 saturated carbocycles. The molecule has 0 radical (unpaired) electrons. The number of fused-ring (bicyclic) bond motifs is 3. The molecule has 0 unspecified atom stereocenters. The summed E-state index contributed by atoms with van der Waals surface area (Å²) < 4.78 is 7.24. The van der Waals surface area contributed by atoms with Gasteiger partial charge >= 0.3 is 0 Å². The minimum atomic E-state index is -0.322. The van der Waals surface area contributed by atoms with E-state index in [0.29, 0.717) is 22.6 Å². The van der Waals surface area contributed by atoms with Crippen molar-refractivity contribution in [3.05, 3.63) is 59.8 Å². The molecule has 0 aliphatic carbocycles. The molecule has 114 valence electrons. The highest BCUT2D eigenvalue weighted by Gasteiger charge is 2.39. The van der Waals surface area contributed by atoms with Gasteiger partial charge in [-0.1, -0.05) is 18.2 Å². The van der Waals surface area contributed by atoms with Crippen LogP contribution in [0.15, 0.2) is 48.7 Å². The van der Waals surface area contributed by atoms with E-state index >= 15 is 0 Å². The molecular formula is C18H14N2O3. The molecule has 0 fully saturated rings. The van der Waals surface area contributed by atoms with Crippen LogP contribution in [0.1, 0.15) is 20.7 Å². The Bertz CT molecular complexity index is 957. The minimum absolute atomic E-state index is 0.300. The molecule has 2 amide bonds. The lowest BCUT2D eigenvalue weighted by molar-refractivity contribution is 0.0926.